The molecule has 0 unspecified atom stereocenters. The minimum Gasteiger partial charge on any atom is -0.456 e. The Balaban J connectivity index is 1.19. The Morgan fingerprint density at radius 1 is 0.265 bits per heavy atom. The van der Waals surface area contributed by atoms with Crippen molar-refractivity contribution in [3.63, 3.8) is 0 Å². The molecule has 0 saturated carbocycles. The van der Waals surface area contributed by atoms with Gasteiger partial charge in [0.1, 0.15) is 11.2 Å². The van der Waals surface area contributed by atoms with Crippen LogP contribution in [0.1, 0.15) is 0 Å². The van der Waals surface area contributed by atoms with Gasteiger partial charge in [-0.2, -0.15) is 0 Å². The van der Waals surface area contributed by atoms with E-state index in [2.05, 4.69) is 170 Å². The van der Waals surface area contributed by atoms with Crippen LogP contribution in [0.2, 0.25) is 0 Å². The monoisotopic (exact) mass is 620 g/mol. The first kappa shape index (κ1) is 26.6. The van der Waals surface area contributed by atoms with Gasteiger partial charge >= 0.3 is 0 Å². The van der Waals surface area contributed by atoms with Crippen molar-refractivity contribution in [3.8, 4) is 33.4 Å². The molecule has 11 aromatic rings. The highest BCUT2D eigenvalue weighted by molar-refractivity contribution is 6.29. The minimum atomic E-state index is 0.909. The largest absolute Gasteiger partial charge is 0.456 e. The summed E-state index contributed by atoms with van der Waals surface area (Å²) in [6.07, 6.45) is 0. The number of hydrogen-bond donors (Lipinski definition) is 0. The first-order valence-electron chi connectivity index (χ1n) is 16.9. The minimum absolute atomic E-state index is 0.909. The maximum absolute atomic E-state index is 6.46. The fraction of sp³-hybridized carbons (Fsp3) is 0. The molecule has 0 aliphatic carbocycles. The van der Waals surface area contributed by atoms with Crippen LogP contribution in [0.15, 0.2) is 174 Å². The van der Waals surface area contributed by atoms with Crippen LogP contribution >= 0.6 is 0 Å². The molecule has 0 amide bonds. The lowest BCUT2D eigenvalue weighted by Crippen LogP contribution is -1.91. The molecule has 0 atom stereocenters. The lowest BCUT2D eigenvalue weighted by Gasteiger charge is -2.18. The van der Waals surface area contributed by atoms with E-state index in [9.17, 15) is 0 Å². The Labute approximate surface area is 282 Å². The highest BCUT2D eigenvalue weighted by Crippen LogP contribution is 2.46. The van der Waals surface area contributed by atoms with Crippen LogP contribution in [-0.2, 0) is 0 Å². The van der Waals surface area contributed by atoms with Crippen molar-refractivity contribution < 1.29 is 4.42 Å². The summed E-state index contributed by atoms with van der Waals surface area (Å²) in [4.78, 5) is 0. The molecule has 0 bridgehead atoms. The van der Waals surface area contributed by atoms with Crippen molar-refractivity contribution in [2.45, 2.75) is 0 Å². The summed E-state index contributed by atoms with van der Waals surface area (Å²) in [6, 6.07) is 62.1. The van der Waals surface area contributed by atoms with Gasteiger partial charge in [-0.15, -0.1) is 0 Å². The third kappa shape index (κ3) is 3.82. The molecule has 1 aromatic heterocycles. The van der Waals surface area contributed by atoms with Crippen molar-refractivity contribution in [2.75, 3.05) is 0 Å². The van der Waals surface area contributed by atoms with Gasteiger partial charge in [0.15, 0.2) is 0 Å². The summed E-state index contributed by atoms with van der Waals surface area (Å²) in [7, 11) is 0. The topological polar surface area (TPSA) is 13.1 Å². The quantitative estimate of drug-likeness (QED) is 0.179. The molecule has 1 heterocycles. The van der Waals surface area contributed by atoms with E-state index in [0.29, 0.717) is 0 Å². The first-order valence-corrected chi connectivity index (χ1v) is 16.9. The van der Waals surface area contributed by atoms with Crippen LogP contribution in [0, 0.1) is 0 Å². The molecule has 0 spiro atoms. The molecule has 0 fully saturated rings. The highest BCUT2D eigenvalue weighted by Gasteiger charge is 2.19. The van der Waals surface area contributed by atoms with Gasteiger partial charge in [-0.3, -0.25) is 0 Å². The zero-order valence-corrected chi connectivity index (χ0v) is 26.6. The first-order chi connectivity index (χ1) is 24.3. The Morgan fingerprint density at radius 3 is 1.69 bits per heavy atom. The van der Waals surface area contributed by atoms with Crippen LogP contribution in [0.3, 0.4) is 0 Å². The molecule has 0 radical (unpaired) electrons. The fourth-order valence-electron chi connectivity index (χ4n) is 8.41. The second kappa shape index (κ2) is 10.0. The van der Waals surface area contributed by atoms with Gasteiger partial charge in [0.05, 0.1) is 0 Å². The number of rotatable bonds is 3. The second-order valence-electron chi connectivity index (χ2n) is 13.2. The van der Waals surface area contributed by atoms with Crippen LogP contribution in [-0.4, -0.2) is 0 Å². The molecule has 10 aromatic carbocycles. The van der Waals surface area contributed by atoms with Crippen molar-refractivity contribution in [2.24, 2.45) is 0 Å². The number of furan rings is 1. The van der Waals surface area contributed by atoms with Gasteiger partial charge in [-0.05, 0) is 112 Å². The molecule has 11 rings (SSSR count). The van der Waals surface area contributed by atoms with E-state index < -0.39 is 0 Å². The van der Waals surface area contributed by atoms with Gasteiger partial charge in [-0.25, -0.2) is 0 Å². The molecule has 0 aliphatic rings. The van der Waals surface area contributed by atoms with Crippen LogP contribution in [0.25, 0.3) is 109 Å². The van der Waals surface area contributed by atoms with Gasteiger partial charge in [0.25, 0.3) is 0 Å². The number of fused-ring (bicyclic) bond motifs is 6. The van der Waals surface area contributed by atoms with E-state index in [1.54, 1.807) is 0 Å². The average Bonchev–Trinajstić information content (AvgIpc) is 3.55. The van der Waals surface area contributed by atoms with Crippen molar-refractivity contribution >= 4 is 75.8 Å². The Bertz CT molecular complexity index is 3090. The van der Waals surface area contributed by atoms with Gasteiger partial charge in [-0.1, -0.05) is 146 Å². The molecule has 0 N–H and O–H groups in total. The average molecular weight is 621 g/mol. The zero-order valence-electron chi connectivity index (χ0n) is 26.6. The predicted octanol–water partition coefficient (Wildman–Crippen LogP) is 13.8. The second-order valence-corrected chi connectivity index (χ2v) is 13.2. The molecule has 1 heteroatoms. The molecule has 226 valence electrons. The standard InChI is InChI=1S/C48H28O/c1-2-9-29(10-3-1)32-21-26-44-43(27-32)48-39(15-8-16-45(48)49-44)37-22-17-30-20-25-41-38(23-18-31-19-24-40(37)46(30)47(31)41)42-28-33-11-4-5-12-34(33)35-13-6-7-14-36(35)42/h1-28H. The van der Waals surface area contributed by atoms with Crippen molar-refractivity contribution in [3.05, 3.63) is 170 Å². The number of benzene rings is 10. The zero-order chi connectivity index (χ0) is 32.1. The molecule has 0 aliphatic heterocycles. The normalized spacial score (nSPS) is 12.1. The van der Waals surface area contributed by atoms with E-state index in [1.807, 2.05) is 0 Å². The summed E-state index contributed by atoms with van der Waals surface area (Å²) in [6.45, 7) is 0. The van der Waals surface area contributed by atoms with Crippen LogP contribution in [0.5, 0.6) is 0 Å². The van der Waals surface area contributed by atoms with Gasteiger partial charge < -0.3 is 4.42 Å². The summed E-state index contributed by atoms with van der Waals surface area (Å²) in [5.74, 6) is 0. The molecule has 0 saturated heterocycles. The van der Waals surface area contributed by atoms with Gasteiger partial charge in [0, 0.05) is 10.8 Å². The van der Waals surface area contributed by atoms with Gasteiger partial charge in [0.2, 0.25) is 0 Å². The molecule has 49 heavy (non-hydrogen) atoms. The van der Waals surface area contributed by atoms with E-state index in [1.165, 1.54) is 87.2 Å². The van der Waals surface area contributed by atoms with Crippen molar-refractivity contribution in [1.29, 1.82) is 0 Å². The van der Waals surface area contributed by atoms with Crippen LogP contribution < -0.4 is 0 Å². The third-order valence-corrected chi connectivity index (χ3v) is 10.6. The summed E-state index contributed by atoms with van der Waals surface area (Å²) in [5, 5.41) is 15.1. The molecular weight excluding hydrogens is 593 g/mol. The van der Waals surface area contributed by atoms with Crippen LogP contribution in [0.4, 0.5) is 0 Å². The smallest absolute Gasteiger partial charge is 0.136 e. The summed E-state index contributed by atoms with van der Waals surface area (Å²) >= 11 is 0. The predicted molar refractivity (Wildman–Crippen MR) is 209 cm³/mol. The number of hydrogen-bond acceptors (Lipinski definition) is 1. The van der Waals surface area contributed by atoms with Crippen molar-refractivity contribution in [1.82, 2.24) is 0 Å². The lowest BCUT2D eigenvalue weighted by atomic mass is 9.85. The lowest BCUT2D eigenvalue weighted by molar-refractivity contribution is 0.669. The fourth-order valence-corrected chi connectivity index (χ4v) is 8.41. The summed E-state index contributed by atoms with van der Waals surface area (Å²) < 4.78 is 6.46. The molecular formula is C48H28O. The molecule has 1 nitrogen and oxygen atoms in total. The van der Waals surface area contributed by atoms with E-state index >= 15 is 0 Å². The Hall–Kier alpha value is -6.44. The summed E-state index contributed by atoms with van der Waals surface area (Å²) in [5.41, 5.74) is 9.17. The van der Waals surface area contributed by atoms with E-state index in [0.717, 1.165) is 21.9 Å². The third-order valence-electron chi connectivity index (χ3n) is 10.6. The maximum Gasteiger partial charge on any atom is 0.136 e. The van der Waals surface area contributed by atoms with E-state index in [-0.39, 0.29) is 0 Å². The Morgan fingerprint density at radius 2 is 0.918 bits per heavy atom. The Kier molecular flexibility index (Phi) is 5.45. The highest BCUT2D eigenvalue weighted by atomic mass is 16.3. The maximum atomic E-state index is 6.46. The SMILES string of the molecule is c1ccc(-c2ccc3oc4cccc(-c5ccc6ccc7c(-c8cc9ccccc9c9ccccc89)ccc8ccc5c6c87)c4c3c2)cc1. The van der Waals surface area contributed by atoms with E-state index in [4.69, 9.17) is 4.42 Å².